The summed E-state index contributed by atoms with van der Waals surface area (Å²) in [5, 5.41) is 7.44. The minimum Gasteiger partial charge on any atom is -0.273 e. The van der Waals surface area contributed by atoms with Crippen molar-refractivity contribution >= 4 is 46.3 Å². The second kappa shape index (κ2) is 8.15. The number of amides is 1. The van der Waals surface area contributed by atoms with Gasteiger partial charge in [-0.1, -0.05) is 41.9 Å². The van der Waals surface area contributed by atoms with E-state index in [1.807, 2.05) is 24.3 Å². The molecule has 5 heteroatoms. The molecule has 1 aliphatic carbocycles. The van der Waals surface area contributed by atoms with Gasteiger partial charge in [-0.25, -0.2) is 5.43 Å². The quantitative estimate of drug-likeness (QED) is 0.353. The van der Waals surface area contributed by atoms with Crippen molar-refractivity contribution in [2.45, 2.75) is 24.2 Å². The van der Waals surface area contributed by atoms with E-state index < -0.39 is 0 Å². The monoisotopic (exact) mass is 394 g/mol. The smallest absolute Gasteiger partial charge is 0.240 e. The predicted molar refractivity (Wildman–Crippen MR) is 114 cm³/mol. The highest BCUT2D eigenvalue weighted by atomic mass is 35.5. The number of hydrogen-bond donors (Lipinski definition) is 1. The minimum atomic E-state index is -0.0846. The summed E-state index contributed by atoms with van der Waals surface area (Å²) in [4.78, 5) is 13.1. The van der Waals surface area contributed by atoms with Crippen molar-refractivity contribution < 1.29 is 4.79 Å². The van der Waals surface area contributed by atoms with Gasteiger partial charge in [0.2, 0.25) is 5.91 Å². The number of halogens is 1. The summed E-state index contributed by atoms with van der Waals surface area (Å²) in [6.45, 7) is 0. The van der Waals surface area contributed by atoms with Crippen LogP contribution in [0.15, 0.2) is 64.6 Å². The Bertz CT molecular complexity index is 1000. The van der Waals surface area contributed by atoms with Crippen LogP contribution in [0.4, 0.5) is 0 Å². The lowest BCUT2D eigenvalue weighted by Crippen LogP contribution is -2.17. The van der Waals surface area contributed by atoms with Gasteiger partial charge in [-0.05, 0) is 59.0 Å². The number of rotatable bonds is 6. The van der Waals surface area contributed by atoms with Gasteiger partial charge in [-0.3, -0.25) is 4.79 Å². The zero-order valence-electron chi connectivity index (χ0n) is 14.7. The van der Waals surface area contributed by atoms with Crippen molar-refractivity contribution in [1.29, 1.82) is 0 Å². The first-order valence-corrected chi connectivity index (χ1v) is 10.3. The van der Waals surface area contributed by atoms with Gasteiger partial charge in [-0.15, -0.1) is 11.8 Å². The maximum absolute atomic E-state index is 12.0. The fourth-order valence-corrected chi connectivity index (χ4v) is 4.38. The van der Waals surface area contributed by atoms with Gasteiger partial charge >= 0.3 is 0 Å². The van der Waals surface area contributed by atoms with E-state index in [0.717, 1.165) is 28.3 Å². The third-order valence-electron chi connectivity index (χ3n) is 4.71. The van der Waals surface area contributed by atoms with E-state index in [0.29, 0.717) is 12.2 Å². The Morgan fingerprint density at radius 1 is 1.07 bits per heavy atom. The Morgan fingerprint density at radius 3 is 2.67 bits per heavy atom. The normalized spacial score (nSPS) is 12.8. The van der Waals surface area contributed by atoms with Crippen LogP contribution >= 0.6 is 23.4 Å². The van der Waals surface area contributed by atoms with Gasteiger partial charge < -0.3 is 0 Å². The van der Waals surface area contributed by atoms with E-state index in [9.17, 15) is 4.79 Å². The van der Waals surface area contributed by atoms with Crippen molar-refractivity contribution in [1.82, 2.24) is 5.43 Å². The standard InChI is InChI=1S/C22H19ClN2OS/c23-18-8-10-19(11-9-18)27-13-12-21(26)25-24-14-17-7-6-16-5-4-15-2-1-3-20(17)22(15)16/h1-3,6-11,14H,4-5,12-13H2,(H,25,26)/b24-14-. The molecular weight excluding hydrogens is 376 g/mol. The first-order valence-electron chi connectivity index (χ1n) is 8.94. The molecule has 0 radical (unpaired) electrons. The molecule has 3 aromatic carbocycles. The highest BCUT2D eigenvalue weighted by Gasteiger charge is 2.14. The molecule has 1 aliphatic rings. The molecule has 0 saturated carbocycles. The summed E-state index contributed by atoms with van der Waals surface area (Å²) < 4.78 is 0. The lowest BCUT2D eigenvalue weighted by Gasteiger charge is -2.05. The zero-order valence-corrected chi connectivity index (χ0v) is 16.3. The molecule has 0 aliphatic heterocycles. The van der Waals surface area contributed by atoms with Gasteiger partial charge in [0.15, 0.2) is 0 Å². The Labute approximate surface area is 167 Å². The number of hydrazone groups is 1. The number of carbonyl (C=O) groups excluding carboxylic acids is 1. The number of benzene rings is 3. The molecule has 136 valence electrons. The molecule has 0 spiro atoms. The van der Waals surface area contributed by atoms with Crippen LogP contribution in [0.3, 0.4) is 0 Å². The van der Waals surface area contributed by atoms with Crippen LogP contribution in [0.25, 0.3) is 10.8 Å². The fraction of sp³-hybridized carbons (Fsp3) is 0.182. The third-order valence-corrected chi connectivity index (χ3v) is 5.98. The van der Waals surface area contributed by atoms with E-state index >= 15 is 0 Å². The Hall–Kier alpha value is -2.30. The minimum absolute atomic E-state index is 0.0846. The van der Waals surface area contributed by atoms with Crippen LogP contribution < -0.4 is 5.43 Å². The molecule has 3 nitrogen and oxygen atoms in total. The second-order valence-electron chi connectivity index (χ2n) is 6.50. The number of nitrogens with zero attached hydrogens (tertiary/aromatic N) is 1. The lowest BCUT2D eigenvalue weighted by molar-refractivity contribution is -0.120. The maximum atomic E-state index is 12.0. The summed E-state index contributed by atoms with van der Waals surface area (Å²) in [6, 6.07) is 18.3. The molecule has 27 heavy (non-hydrogen) atoms. The average molecular weight is 395 g/mol. The Balaban J connectivity index is 1.33. The van der Waals surface area contributed by atoms with Crippen molar-refractivity contribution in [3.63, 3.8) is 0 Å². The summed E-state index contributed by atoms with van der Waals surface area (Å²) in [7, 11) is 0. The van der Waals surface area contributed by atoms with Crippen LogP contribution in [-0.4, -0.2) is 17.9 Å². The number of nitrogens with one attached hydrogen (secondary N) is 1. The number of thioether (sulfide) groups is 1. The number of carbonyl (C=O) groups is 1. The molecule has 0 bridgehead atoms. The molecule has 1 N–H and O–H groups in total. The molecule has 0 atom stereocenters. The SMILES string of the molecule is O=C(CCSc1ccc(Cl)cc1)N/N=C\c1ccc2c3c(cccc13)CC2. The third kappa shape index (κ3) is 4.18. The summed E-state index contributed by atoms with van der Waals surface area (Å²) in [5.41, 5.74) is 6.48. The van der Waals surface area contributed by atoms with Gasteiger partial charge in [0.25, 0.3) is 0 Å². The van der Waals surface area contributed by atoms with Crippen molar-refractivity contribution in [2.24, 2.45) is 5.10 Å². The fourth-order valence-electron chi connectivity index (χ4n) is 3.40. The van der Waals surface area contributed by atoms with Crippen LogP contribution in [0.2, 0.25) is 5.02 Å². The highest BCUT2D eigenvalue weighted by molar-refractivity contribution is 7.99. The summed E-state index contributed by atoms with van der Waals surface area (Å²) in [5.74, 6) is 0.614. The maximum Gasteiger partial charge on any atom is 0.240 e. The zero-order chi connectivity index (χ0) is 18.6. The van der Waals surface area contributed by atoms with Crippen molar-refractivity contribution in [3.05, 3.63) is 76.3 Å². The van der Waals surface area contributed by atoms with E-state index in [-0.39, 0.29) is 5.91 Å². The first-order chi connectivity index (χ1) is 13.2. The topological polar surface area (TPSA) is 41.5 Å². The molecule has 3 aromatic rings. The summed E-state index contributed by atoms with van der Waals surface area (Å²) in [6.07, 6.45) is 4.37. The van der Waals surface area contributed by atoms with Gasteiger partial charge in [0.05, 0.1) is 6.21 Å². The molecule has 4 rings (SSSR count). The second-order valence-corrected chi connectivity index (χ2v) is 8.10. The van der Waals surface area contributed by atoms with Crippen LogP contribution in [0, 0.1) is 0 Å². The van der Waals surface area contributed by atoms with Crippen LogP contribution in [0.5, 0.6) is 0 Å². The van der Waals surface area contributed by atoms with E-state index in [2.05, 4.69) is 40.9 Å². The molecule has 0 aromatic heterocycles. The summed E-state index contributed by atoms with van der Waals surface area (Å²) >= 11 is 7.50. The van der Waals surface area contributed by atoms with Crippen molar-refractivity contribution in [2.75, 3.05) is 5.75 Å². The largest absolute Gasteiger partial charge is 0.273 e. The number of aryl methyl sites for hydroxylation is 2. The Morgan fingerprint density at radius 2 is 1.85 bits per heavy atom. The van der Waals surface area contributed by atoms with E-state index in [1.54, 1.807) is 18.0 Å². The molecule has 0 heterocycles. The highest BCUT2D eigenvalue weighted by Crippen LogP contribution is 2.32. The van der Waals surface area contributed by atoms with Crippen LogP contribution in [-0.2, 0) is 17.6 Å². The van der Waals surface area contributed by atoms with E-state index in [4.69, 9.17) is 11.6 Å². The van der Waals surface area contributed by atoms with Gasteiger partial charge in [0.1, 0.15) is 0 Å². The predicted octanol–water partition coefficient (Wildman–Crippen LogP) is 5.22. The molecule has 0 fully saturated rings. The number of hydrogen-bond acceptors (Lipinski definition) is 3. The van der Waals surface area contributed by atoms with Gasteiger partial charge in [0, 0.05) is 27.7 Å². The lowest BCUT2D eigenvalue weighted by atomic mass is 10.0. The van der Waals surface area contributed by atoms with Crippen LogP contribution in [0.1, 0.15) is 23.1 Å². The Kier molecular flexibility index (Phi) is 5.46. The first kappa shape index (κ1) is 18.1. The average Bonchev–Trinajstić information content (AvgIpc) is 3.10. The molecule has 0 saturated heterocycles. The van der Waals surface area contributed by atoms with Crippen molar-refractivity contribution in [3.8, 4) is 0 Å². The van der Waals surface area contributed by atoms with Gasteiger partial charge in [-0.2, -0.15) is 5.10 Å². The molecule has 1 amide bonds. The van der Waals surface area contributed by atoms with E-state index in [1.165, 1.54) is 21.9 Å². The molecular formula is C22H19ClN2OS. The molecule has 0 unspecified atom stereocenters.